The van der Waals surface area contributed by atoms with Gasteiger partial charge in [0, 0.05) is 43.4 Å². The fourth-order valence-corrected chi connectivity index (χ4v) is 3.57. The van der Waals surface area contributed by atoms with Crippen molar-refractivity contribution in [3.05, 3.63) is 58.9 Å². The molecule has 164 valence electrons. The van der Waals surface area contributed by atoms with E-state index in [1.165, 1.54) is 20.9 Å². The number of carbonyl (C=O) groups excluding carboxylic acids is 3. The van der Waals surface area contributed by atoms with Gasteiger partial charge in [0.15, 0.2) is 0 Å². The van der Waals surface area contributed by atoms with E-state index in [2.05, 4.69) is 4.98 Å². The predicted octanol–water partition coefficient (Wildman–Crippen LogP) is 2.36. The number of halogens is 1. The number of rotatable bonds is 8. The van der Waals surface area contributed by atoms with E-state index in [1.807, 2.05) is 6.92 Å². The lowest BCUT2D eigenvalue weighted by Gasteiger charge is -2.25. The summed E-state index contributed by atoms with van der Waals surface area (Å²) in [5.74, 6) is -0.779. The van der Waals surface area contributed by atoms with Gasteiger partial charge in [0.2, 0.25) is 11.8 Å². The Morgan fingerprint density at radius 2 is 2.06 bits per heavy atom. The summed E-state index contributed by atoms with van der Waals surface area (Å²) in [6.07, 6.45) is 3.64. The summed E-state index contributed by atoms with van der Waals surface area (Å²) in [5, 5.41) is 0.557. The molecule has 1 aliphatic heterocycles. The smallest absolute Gasteiger partial charge is 0.255 e. The van der Waals surface area contributed by atoms with E-state index in [0.717, 1.165) is 5.56 Å². The van der Waals surface area contributed by atoms with Crippen LogP contribution in [0.4, 0.5) is 5.69 Å². The molecule has 1 aromatic carbocycles. The average Bonchev–Trinajstić information content (AvgIpc) is 3.16. The van der Waals surface area contributed by atoms with Gasteiger partial charge in [-0.1, -0.05) is 17.7 Å². The molecule has 1 aromatic heterocycles. The fraction of sp³-hybridized carbons (Fsp3) is 0.364. The maximum absolute atomic E-state index is 13.0. The summed E-state index contributed by atoms with van der Waals surface area (Å²) in [6, 6.07) is 8.66. The van der Waals surface area contributed by atoms with E-state index in [9.17, 15) is 14.4 Å². The monoisotopic (exact) mass is 444 g/mol. The van der Waals surface area contributed by atoms with Crippen LogP contribution in [0.2, 0.25) is 5.02 Å². The lowest BCUT2D eigenvalue weighted by atomic mass is 10.2. The number of aromatic nitrogens is 1. The van der Waals surface area contributed by atoms with Gasteiger partial charge >= 0.3 is 0 Å². The Morgan fingerprint density at radius 3 is 2.77 bits per heavy atom. The first kappa shape index (κ1) is 22.7. The van der Waals surface area contributed by atoms with Gasteiger partial charge in [0.25, 0.3) is 5.91 Å². The van der Waals surface area contributed by atoms with Crippen LogP contribution in [-0.2, 0) is 14.3 Å². The molecule has 0 unspecified atom stereocenters. The second-order valence-corrected chi connectivity index (χ2v) is 7.66. The van der Waals surface area contributed by atoms with E-state index in [0.29, 0.717) is 35.8 Å². The first-order valence-electron chi connectivity index (χ1n) is 9.94. The summed E-state index contributed by atoms with van der Waals surface area (Å²) < 4.78 is 5.07. The molecule has 1 saturated heterocycles. The number of benzene rings is 1. The van der Waals surface area contributed by atoms with E-state index in [1.54, 1.807) is 43.6 Å². The van der Waals surface area contributed by atoms with Crippen molar-refractivity contribution >= 4 is 35.0 Å². The van der Waals surface area contributed by atoms with Crippen molar-refractivity contribution in [2.75, 3.05) is 44.9 Å². The highest BCUT2D eigenvalue weighted by molar-refractivity contribution is 6.31. The molecule has 0 saturated carbocycles. The number of pyridine rings is 1. The van der Waals surface area contributed by atoms with Crippen molar-refractivity contribution in [2.24, 2.45) is 0 Å². The molecule has 31 heavy (non-hydrogen) atoms. The summed E-state index contributed by atoms with van der Waals surface area (Å²) >= 11 is 6.18. The lowest BCUT2D eigenvalue weighted by molar-refractivity contribution is -0.132. The molecule has 0 bridgehead atoms. The van der Waals surface area contributed by atoms with Crippen LogP contribution in [0.25, 0.3) is 0 Å². The minimum atomic E-state index is -0.301. The van der Waals surface area contributed by atoms with E-state index in [-0.39, 0.29) is 37.5 Å². The Kier molecular flexibility index (Phi) is 7.59. The fourth-order valence-electron chi connectivity index (χ4n) is 3.40. The number of carbonyl (C=O) groups is 3. The molecular weight excluding hydrogens is 420 g/mol. The first-order chi connectivity index (χ1) is 14.9. The molecule has 3 amide bonds. The lowest BCUT2D eigenvalue weighted by Crippen LogP contribution is -2.43. The van der Waals surface area contributed by atoms with Gasteiger partial charge in [-0.3, -0.25) is 24.3 Å². The molecule has 2 aromatic rings. The van der Waals surface area contributed by atoms with Gasteiger partial charge in [-0.2, -0.15) is 0 Å². The Hall–Kier alpha value is -2.97. The van der Waals surface area contributed by atoms with E-state index < -0.39 is 0 Å². The summed E-state index contributed by atoms with van der Waals surface area (Å²) in [7, 11) is 1.58. The normalized spacial score (nSPS) is 13.6. The topological polar surface area (TPSA) is 83.0 Å². The first-order valence-corrected chi connectivity index (χ1v) is 10.3. The molecule has 2 heterocycles. The largest absolute Gasteiger partial charge is 0.385 e. The van der Waals surface area contributed by atoms with Crippen LogP contribution in [0, 0.1) is 6.92 Å². The average molecular weight is 445 g/mol. The van der Waals surface area contributed by atoms with Crippen molar-refractivity contribution in [3.8, 4) is 0 Å². The van der Waals surface area contributed by atoms with Gasteiger partial charge in [0.1, 0.15) is 19.8 Å². The number of anilines is 1. The quantitative estimate of drug-likeness (QED) is 0.584. The number of ether oxygens (including phenoxy) is 1. The Labute approximate surface area is 186 Å². The highest BCUT2D eigenvalue weighted by Gasteiger charge is 2.33. The third-order valence-corrected chi connectivity index (χ3v) is 5.53. The van der Waals surface area contributed by atoms with E-state index in [4.69, 9.17) is 16.3 Å². The van der Waals surface area contributed by atoms with Crippen molar-refractivity contribution in [2.45, 2.75) is 13.3 Å². The molecule has 0 N–H and O–H groups in total. The molecule has 1 fully saturated rings. The predicted molar refractivity (Wildman–Crippen MR) is 117 cm³/mol. The molecule has 8 nitrogen and oxygen atoms in total. The van der Waals surface area contributed by atoms with Gasteiger partial charge in [-0.05, 0) is 43.2 Å². The van der Waals surface area contributed by atoms with Crippen LogP contribution >= 0.6 is 11.6 Å². The van der Waals surface area contributed by atoms with Crippen molar-refractivity contribution in [3.63, 3.8) is 0 Å². The van der Waals surface area contributed by atoms with Crippen molar-refractivity contribution in [1.82, 2.24) is 14.8 Å². The maximum Gasteiger partial charge on any atom is 0.255 e. The van der Waals surface area contributed by atoms with Gasteiger partial charge < -0.3 is 14.5 Å². The zero-order valence-corrected chi connectivity index (χ0v) is 18.3. The van der Waals surface area contributed by atoms with Crippen LogP contribution in [0.3, 0.4) is 0 Å². The summed E-state index contributed by atoms with van der Waals surface area (Å²) in [6.45, 7) is 2.59. The minimum Gasteiger partial charge on any atom is -0.385 e. The molecule has 0 radical (unpaired) electrons. The standard InChI is InChI=1S/C22H25ClN4O4/c1-16-18(23)7-3-8-19(16)27-15-26(14-21(27)29)20(28)13-25(10-5-11-31-2)22(30)17-6-4-9-24-12-17/h3-4,6-9,12H,5,10-11,13-15H2,1-2H3. The zero-order valence-electron chi connectivity index (χ0n) is 17.6. The van der Waals surface area contributed by atoms with Crippen LogP contribution in [-0.4, -0.2) is 72.5 Å². The van der Waals surface area contributed by atoms with Gasteiger partial charge in [0.05, 0.1) is 5.56 Å². The van der Waals surface area contributed by atoms with Crippen LogP contribution in [0.15, 0.2) is 42.7 Å². The van der Waals surface area contributed by atoms with Gasteiger partial charge in [-0.15, -0.1) is 0 Å². The highest BCUT2D eigenvalue weighted by Crippen LogP contribution is 2.28. The molecule has 0 aliphatic carbocycles. The summed E-state index contributed by atoms with van der Waals surface area (Å²) in [5.41, 5.74) is 1.86. The Bertz CT molecular complexity index is 954. The molecule has 0 atom stereocenters. The van der Waals surface area contributed by atoms with E-state index >= 15 is 0 Å². The minimum absolute atomic E-state index is 0.0439. The van der Waals surface area contributed by atoms with Crippen molar-refractivity contribution < 1.29 is 19.1 Å². The maximum atomic E-state index is 13.0. The number of methoxy groups -OCH3 is 1. The second kappa shape index (κ2) is 10.4. The number of hydrogen-bond donors (Lipinski definition) is 0. The van der Waals surface area contributed by atoms with Crippen LogP contribution < -0.4 is 4.90 Å². The second-order valence-electron chi connectivity index (χ2n) is 7.25. The number of hydrogen-bond acceptors (Lipinski definition) is 5. The Balaban J connectivity index is 1.71. The molecule has 0 spiro atoms. The van der Waals surface area contributed by atoms with Crippen LogP contribution in [0.5, 0.6) is 0 Å². The van der Waals surface area contributed by atoms with Crippen LogP contribution in [0.1, 0.15) is 22.3 Å². The zero-order chi connectivity index (χ0) is 22.4. The molecular formula is C22H25ClN4O4. The molecule has 3 rings (SSSR count). The SMILES string of the molecule is COCCCN(CC(=O)N1CC(=O)N(c2cccc(Cl)c2C)C1)C(=O)c1cccnc1. The summed E-state index contributed by atoms with van der Waals surface area (Å²) in [4.78, 5) is 46.9. The Morgan fingerprint density at radius 1 is 1.26 bits per heavy atom. The van der Waals surface area contributed by atoms with Crippen molar-refractivity contribution in [1.29, 1.82) is 0 Å². The highest BCUT2D eigenvalue weighted by atomic mass is 35.5. The van der Waals surface area contributed by atoms with Gasteiger partial charge in [-0.25, -0.2) is 0 Å². The molecule has 9 heteroatoms. The third-order valence-electron chi connectivity index (χ3n) is 5.12. The molecule has 1 aliphatic rings. The third kappa shape index (κ3) is 5.39. The number of nitrogens with zero attached hydrogens (tertiary/aromatic N) is 4. The number of amides is 3.